The van der Waals surface area contributed by atoms with Crippen LogP contribution >= 0.6 is 11.6 Å². The highest BCUT2D eigenvalue weighted by molar-refractivity contribution is 6.30. The molecule has 1 aromatic rings. The summed E-state index contributed by atoms with van der Waals surface area (Å²) < 4.78 is 5.63. The van der Waals surface area contributed by atoms with Crippen molar-refractivity contribution in [2.24, 2.45) is 0 Å². The Hall–Kier alpha value is -0.770. The fraction of sp³-hybridized carbons (Fsp3) is 0.571. The molecule has 1 aliphatic heterocycles. The lowest BCUT2D eigenvalue weighted by molar-refractivity contribution is -0.0642. The molecule has 0 aromatic heterocycles. The summed E-state index contributed by atoms with van der Waals surface area (Å²) >= 11 is 6.01. The van der Waals surface area contributed by atoms with Gasteiger partial charge in [0.2, 0.25) is 0 Å². The number of benzene rings is 1. The summed E-state index contributed by atoms with van der Waals surface area (Å²) in [7, 11) is 0. The largest absolute Gasteiger partial charge is 0.508 e. The molecule has 1 heterocycles. The van der Waals surface area contributed by atoms with Crippen LogP contribution in [0.1, 0.15) is 32.4 Å². The van der Waals surface area contributed by atoms with Gasteiger partial charge in [0, 0.05) is 29.2 Å². The molecule has 0 aliphatic carbocycles. The Kier molecular flexibility index (Phi) is 4.15. The molecule has 2 rings (SSSR count). The van der Waals surface area contributed by atoms with E-state index >= 15 is 0 Å². The van der Waals surface area contributed by atoms with Gasteiger partial charge in [-0.2, -0.15) is 0 Å². The maximum Gasteiger partial charge on any atom is 0.120 e. The van der Waals surface area contributed by atoms with Crippen molar-refractivity contribution in [1.82, 2.24) is 4.90 Å². The van der Waals surface area contributed by atoms with Crippen LogP contribution in [0.5, 0.6) is 5.75 Å². The molecule has 3 atom stereocenters. The monoisotopic (exact) mass is 269 g/mol. The summed E-state index contributed by atoms with van der Waals surface area (Å²) in [5, 5.41) is 10.6. The predicted octanol–water partition coefficient (Wildman–Crippen LogP) is 3.22. The number of phenols is 1. The second kappa shape index (κ2) is 5.47. The van der Waals surface area contributed by atoms with Crippen LogP contribution in [-0.2, 0) is 4.74 Å². The van der Waals surface area contributed by atoms with Crippen LogP contribution in [0.2, 0.25) is 5.02 Å². The number of halogens is 1. The van der Waals surface area contributed by atoms with Crippen molar-refractivity contribution >= 4 is 11.6 Å². The van der Waals surface area contributed by atoms with Gasteiger partial charge in [0.25, 0.3) is 0 Å². The van der Waals surface area contributed by atoms with Crippen LogP contribution in [0.4, 0.5) is 0 Å². The van der Waals surface area contributed by atoms with Crippen LogP contribution in [0, 0.1) is 0 Å². The van der Waals surface area contributed by atoms with Crippen molar-refractivity contribution in [3.63, 3.8) is 0 Å². The Morgan fingerprint density at radius 1 is 1.44 bits per heavy atom. The normalized spacial score (nSPS) is 27.1. The van der Waals surface area contributed by atoms with Crippen LogP contribution < -0.4 is 0 Å². The Morgan fingerprint density at radius 3 is 2.89 bits per heavy atom. The minimum absolute atomic E-state index is 0.130. The number of hydrogen-bond acceptors (Lipinski definition) is 3. The van der Waals surface area contributed by atoms with Gasteiger partial charge in [0.1, 0.15) is 5.75 Å². The van der Waals surface area contributed by atoms with Gasteiger partial charge < -0.3 is 9.84 Å². The Bertz CT molecular complexity index is 424. The number of nitrogens with zero attached hydrogens (tertiary/aromatic N) is 1. The molecule has 3 nitrogen and oxygen atoms in total. The van der Waals surface area contributed by atoms with Crippen LogP contribution in [0.3, 0.4) is 0 Å². The molecule has 0 spiro atoms. The van der Waals surface area contributed by atoms with E-state index in [1.165, 1.54) is 0 Å². The third-order valence-electron chi connectivity index (χ3n) is 3.59. The summed E-state index contributed by atoms with van der Waals surface area (Å²) in [5.41, 5.74) is 0.878. The number of aromatic hydroxyl groups is 1. The van der Waals surface area contributed by atoms with Gasteiger partial charge in [0.05, 0.1) is 12.7 Å². The second-order valence-corrected chi connectivity index (χ2v) is 5.51. The zero-order chi connectivity index (χ0) is 13.3. The minimum Gasteiger partial charge on any atom is -0.508 e. The van der Waals surface area contributed by atoms with Crippen molar-refractivity contribution < 1.29 is 9.84 Å². The second-order valence-electron chi connectivity index (χ2n) is 5.07. The van der Waals surface area contributed by atoms with Crippen molar-refractivity contribution in [3.8, 4) is 5.75 Å². The summed E-state index contributed by atoms with van der Waals surface area (Å²) in [6.45, 7) is 7.91. The van der Waals surface area contributed by atoms with Gasteiger partial charge in [-0.1, -0.05) is 11.6 Å². The van der Waals surface area contributed by atoms with Gasteiger partial charge in [-0.3, -0.25) is 4.90 Å². The average molecular weight is 270 g/mol. The molecular formula is C14H20ClNO2. The first-order chi connectivity index (χ1) is 8.49. The molecule has 1 fully saturated rings. The van der Waals surface area contributed by atoms with Crippen LogP contribution in [0.15, 0.2) is 18.2 Å². The summed E-state index contributed by atoms with van der Waals surface area (Å²) in [4.78, 5) is 2.35. The lowest BCUT2D eigenvalue weighted by atomic mass is 10.0. The molecule has 1 aromatic carbocycles. The van der Waals surface area contributed by atoms with Crippen LogP contribution in [-0.4, -0.2) is 35.3 Å². The smallest absolute Gasteiger partial charge is 0.120 e. The average Bonchev–Trinajstić information content (AvgIpc) is 2.34. The predicted molar refractivity (Wildman–Crippen MR) is 73.1 cm³/mol. The van der Waals surface area contributed by atoms with Gasteiger partial charge in [-0.15, -0.1) is 0 Å². The lowest BCUT2D eigenvalue weighted by Gasteiger charge is -2.41. The Balaban J connectivity index is 2.23. The van der Waals surface area contributed by atoms with Gasteiger partial charge >= 0.3 is 0 Å². The molecule has 18 heavy (non-hydrogen) atoms. The molecule has 3 unspecified atom stereocenters. The van der Waals surface area contributed by atoms with Crippen molar-refractivity contribution in [2.75, 3.05) is 13.2 Å². The topological polar surface area (TPSA) is 32.7 Å². The van der Waals surface area contributed by atoms with E-state index in [0.29, 0.717) is 16.8 Å². The third kappa shape index (κ3) is 2.79. The van der Waals surface area contributed by atoms with Gasteiger partial charge in [0.15, 0.2) is 0 Å². The van der Waals surface area contributed by atoms with E-state index < -0.39 is 0 Å². The van der Waals surface area contributed by atoms with E-state index in [0.717, 1.165) is 18.7 Å². The van der Waals surface area contributed by atoms with Crippen molar-refractivity contribution in [2.45, 2.75) is 39.0 Å². The zero-order valence-electron chi connectivity index (χ0n) is 11.1. The molecule has 1 aliphatic rings. The number of hydrogen-bond donors (Lipinski definition) is 1. The molecule has 0 bridgehead atoms. The van der Waals surface area contributed by atoms with E-state index in [1.54, 1.807) is 12.1 Å². The van der Waals surface area contributed by atoms with E-state index in [9.17, 15) is 5.11 Å². The maximum atomic E-state index is 9.97. The quantitative estimate of drug-likeness (QED) is 0.895. The first-order valence-electron chi connectivity index (χ1n) is 6.34. The molecule has 0 amide bonds. The standard InChI is InChI=1S/C14H20ClNO2/c1-9-8-18-10(2)7-16(9)11(3)13-6-12(15)4-5-14(13)17/h4-6,9-11,17H,7-8H2,1-3H3. The summed E-state index contributed by atoms with van der Waals surface area (Å²) in [5.74, 6) is 0.304. The molecule has 1 N–H and O–H groups in total. The highest BCUT2D eigenvalue weighted by Crippen LogP contribution is 2.33. The molecule has 0 saturated carbocycles. The van der Waals surface area contributed by atoms with Crippen LogP contribution in [0.25, 0.3) is 0 Å². The Labute approximate surface area is 113 Å². The number of phenolic OH excluding ortho intramolecular Hbond substituents is 1. The fourth-order valence-corrected chi connectivity index (χ4v) is 2.69. The first-order valence-corrected chi connectivity index (χ1v) is 6.72. The minimum atomic E-state index is 0.130. The molecular weight excluding hydrogens is 250 g/mol. The molecule has 0 radical (unpaired) electrons. The highest BCUT2D eigenvalue weighted by Gasteiger charge is 2.29. The van der Waals surface area contributed by atoms with E-state index in [2.05, 4.69) is 25.7 Å². The van der Waals surface area contributed by atoms with Gasteiger partial charge in [-0.05, 0) is 39.0 Å². The SMILES string of the molecule is CC1CN(C(C)c2cc(Cl)ccc2O)C(C)CO1. The zero-order valence-corrected chi connectivity index (χ0v) is 11.8. The molecule has 4 heteroatoms. The fourth-order valence-electron chi connectivity index (χ4n) is 2.51. The summed E-state index contributed by atoms with van der Waals surface area (Å²) in [6, 6.07) is 5.68. The number of ether oxygens (including phenoxy) is 1. The van der Waals surface area contributed by atoms with Gasteiger partial charge in [-0.25, -0.2) is 0 Å². The highest BCUT2D eigenvalue weighted by atomic mass is 35.5. The molecule has 1 saturated heterocycles. The first kappa shape index (κ1) is 13.7. The Morgan fingerprint density at radius 2 is 2.17 bits per heavy atom. The number of rotatable bonds is 2. The maximum absolute atomic E-state index is 9.97. The van der Waals surface area contributed by atoms with E-state index in [-0.39, 0.29) is 12.1 Å². The molecule has 100 valence electrons. The number of morpholine rings is 1. The van der Waals surface area contributed by atoms with E-state index in [4.69, 9.17) is 16.3 Å². The third-order valence-corrected chi connectivity index (χ3v) is 3.83. The van der Waals surface area contributed by atoms with E-state index in [1.807, 2.05) is 6.07 Å². The summed E-state index contributed by atoms with van der Waals surface area (Å²) in [6.07, 6.45) is 0.227. The lowest BCUT2D eigenvalue weighted by Crippen LogP contribution is -2.48. The van der Waals surface area contributed by atoms with Crippen molar-refractivity contribution in [1.29, 1.82) is 0 Å². The van der Waals surface area contributed by atoms with Crippen molar-refractivity contribution in [3.05, 3.63) is 28.8 Å².